The largest absolute Gasteiger partial charge is 0.454 e. The van der Waals surface area contributed by atoms with Gasteiger partial charge in [0.25, 0.3) is 0 Å². The van der Waals surface area contributed by atoms with Gasteiger partial charge in [-0.3, -0.25) is 0 Å². The first kappa shape index (κ1) is 34.0. The van der Waals surface area contributed by atoms with Crippen molar-refractivity contribution in [2.45, 2.75) is 0 Å². The molecule has 9 aromatic carbocycles. The summed E-state index contributed by atoms with van der Waals surface area (Å²) < 4.78 is 12.1. The third kappa shape index (κ3) is 5.22. The first-order valence-electron chi connectivity index (χ1n) is 20.4. The van der Waals surface area contributed by atoms with Crippen LogP contribution in [0.3, 0.4) is 0 Å². The molecule has 0 N–H and O–H groups in total. The van der Waals surface area contributed by atoms with Crippen molar-refractivity contribution in [3.05, 3.63) is 194 Å². The van der Waals surface area contributed by atoms with Crippen LogP contribution in [0, 0.1) is 0 Å². The Morgan fingerprint density at radius 2 is 0.984 bits per heavy atom. The molecule has 0 aliphatic heterocycles. The summed E-state index contributed by atoms with van der Waals surface area (Å²) in [7, 11) is 0. The molecule has 0 amide bonds. The van der Waals surface area contributed by atoms with Gasteiger partial charge < -0.3 is 8.98 Å². The van der Waals surface area contributed by atoms with Gasteiger partial charge in [-0.25, -0.2) is 15.0 Å². The fourth-order valence-corrected chi connectivity index (χ4v) is 10.5. The molecule has 0 fully saturated rings. The number of fused-ring (bicyclic) bond motifs is 12. The Morgan fingerprint density at radius 1 is 0.393 bits per heavy atom. The average Bonchev–Trinajstić information content (AvgIpc) is 4.01. The van der Waals surface area contributed by atoms with Gasteiger partial charge in [0, 0.05) is 58.4 Å². The zero-order valence-corrected chi connectivity index (χ0v) is 33.4. The van der Waals surface area contributed by atoms with E-state index >= 15 is 0 Å². The molecule has 13 aromatic rings. The summed E-state index contributed by atoms with van der Waals surface area (Å²) >= 11 is 1.88. The number of rotatable bonds is 5. The topological polar surface area (TPSA) is 56.7 Å². The molecule has 4 aromatic heterocycles. The van der Waals surface area contributed by atoms with E-state index in [2.05, 4.69) is 138 Å². The second kappa shape index (κ2) is 13.3. The summed E-state index contributed by atoms with van der Waals surface area (Å²) in [6.07, 6.45) is 0. The average molecular weight is 797 g/mol. The molecule has 0 aliphatic carbocycles. The second-order valence-corrected chi connectivity index (χ2v) is 16.6. The minimum absolute atomic E-state index is 0.588. The van der Waals surface area contributed by atoms with Crippen LogP contribution in [0.25, 0.3) is 126 Å². The molecule has 284 valence electrons. The molecule has 13 rings (SSSR count). The van der Waals surface area contributed by atoms with Gasteiger partial charge in [0.05, 0.1) is 16.7 Å². The van der Waals surface area contributed by atoms with E-state index in [0.29, 0.717) is 17.5 Å². The number of para-hydroxylation sites is 1. The molecule has 4 heterocycles. The zero-order chi connectivity index (χ0) is 40.0. The molecule has 0 saturated carbocycles. The van der Waals surface area contributed by atoms with E-state index in [1.54, 1.807) is 0 Å². The first-order valence-corrected chi connectivity index (χ1v) is 21.3. The molecule has 61 heavy (non-hydrogen) atoms. The maximum atomic E-state index is 7.05. The van der Waals surface area contributed by atoms with Gasteiger partial charge in [-0.1, -0.05) is 158 Å². The summed E-state index contributed by atoms with van der Waals surface area (Å²) in [5.41, 5.74) is 9.96. The first-order chi connectivity index (χ1) is 30.2. The predicted octanol–water partition coefficient (Wildman–Crippen LogP) is 15.1. The number of furan rings is 1. The summed E-state index contributed by atoms with van der Waals surface area (Å²) in [5.74, 6) is 1.83. The number of hydrogen-bond acceptors (Lipinski definition) is 5. The lowest BCUT2D eigenvalue weighted by Crippen LogP contribution is -2.00. The maximum Gasteiger partial charge on any atom is 0.164 e. The van der Waals surface area contributed by atoms with Crippen molar-refractivity contribution in [2.75, 3.05) is 0 Å². The van der Waals surface area contributed by atoms with Gasteiger partial charge in [-0.05, 0) is 58.3 Å². The van der Waals surface area contributed by atoms with E-state index in [-0.39, 0.29) is 0 Å². The standard InChI is InChI=1S/C55H32N4OS/c1-4-15-33(16-5-1)43-32-46-49(40-23-11-10-21-37(40)43)50-44(30-29-42-39-22-12-13-26-48(39)61-52(42)50)59(46)45-25-14-24-41-38-28-27-36(31-47(38)60-51(41)45)55-57-53(34-17-6-2-7-18-34)56-54(58-55)35-19-8-3-9-20-35/h1-32H. The molecule has 0 atom stereocenters. The molecule has 6 heteroatoms. The van der Waals surface area contributed by atoms with E-state index in [4.69, 9.17) is 19.4 Å². The smallest absolute Gasteiger partial charge is 0.164 e. The Hall–Kier alpha value is -7.93. The molecular formula is C55H32N4OS. The van der Waals surface area contributed by atoms with Gasteiger partial charge in [0.15, 0.2) is 23.1 Å². The Bertz CT molecular complexity index is 3810. The van der Waals surface area contributed by atoms with Crippen LogP contribution in [0.5, 0.6) is 0 Å². The lowest BCUT2D eigenvalue weighted by molar-refractivity contribution is 0.666. The molecule has 5 nitrogen and oxygen atoms in total. The SMILES string of the molecule is c1ccc(-c2nc(-c3ccccc3)nc(-c3ccc4c(c3)oc3c(-n5c6cc(-c7ccccc7)c7ccccc7c6c6c7sc8ccccc8c7ccc65)cccc34)n2)cc1. The Balaban J connectivity index is 1.08. The quantitative estimate of drug-likeness (QED) is 0.174. The zero-order valence-electron chi connectivity index (χ0n) is 32.6. The lowest BCUT2D eigenvalue weighted by Gasteiger charge is -2.12. The van der Waals surface area contributed by atoms with E-state index in [9.17, 15) is 0 Å². The minimum Gasteiger partial charge on any atom is -0.454 e. The normalized spacial score (nSPS) is 11.9. The minimum atomic E-state index is 0.588. The van der Waals surface area contributed by atoms with Crippen molar-refractivity contribution in [1.29, 1.82) is 0 Å². The van der Waals surface area contributed by atoms with Crippen LogP contribution in [0.4, 0.5) is 0 Å². The van der Waals surface area contributed by atoms with Crippen molar-refractivity contribution in [2.24, 2.45) is 0 Å². The van der Waals surface area contributed by atoms with Crippen LogP contribution in [0.2, 0.25) is 0 Å². The molecule has 0 aliphatic rings. The van der Waals surface area contributed by atoms with Crippen LogP contribution >= 0.6 is 11.3 Å². The number of benzene rings is 9. The van der Waals surface area contributed by atoms with Crippen LogP contribution in [0.1, 0.15) is 0 Å². The van der Waals surface area contributed by atoms with E-state index < -0.39 is 0 Å². The van der Waals surface area contributed by atoms with E-state index in [1.807, 2.05) is 72.0 Å². The van der Waals surface area contributed by atoms with Crippen LogP contribution in [0.15, 0.2) is 199 Å². The Kier molecular flexibility index (Phi) is 7.41. The summed E-state index contributed by atoms with van der Waals surface area (Å²) in [6, 6.07) is 68.4. The fraction of sp³-hybridized carbons (Fsp3) is 0. The molecule has 0 radical (unpaired) electrons. The third-order valence-electron chi connectivity index (χ3n) is 12.0. The highest BCUT2D eigenvalue weighted by Gasteiger charge is 2.24. The van der Waals surface area contributed by atoms with Gasteiger partial charge in [-0.15, -0.1) is 11.3 Å². The maximum absolute atomic E-state index is 7.05. The number of aromatic nitrogens is 4. The number of nitrogens with zero attached hydrogens (tertiary/aromatic N) is 4. The Labute approximate surface area is 353 Å². The summed E-state index contributed by atoms with van der Waals surface area (Å²) in [4.78, 5) is 15.0. The monoisotopic (exact) mass is 796 g/mol. The predicted molar refractivity (Wildman–Crippen MR) is 254 cm³/mol. The van der Waals surface area contributed by atoms with Gasteiger partial charge in [0.2, 0.25) is 0 Å². The highest BCUT2D eigenvalue weighted by atomic mass is 32.1. The van der Waals surface area contributed by atoms with Crippen LogP contribution < -0.4 is 0 Å². The molecular weight excluding hydrogens is 765 g/mol. The van der Waals surface area contributed by atoms with Crippen molar-refractivity contribution in [1.82, 2.24) is 19.5 Å². The number of hydrogen-bond donors (Lipinski definition) is 0. The fourth-order valence-electron chi connectivity index (χ4n) is 9.29. The highest BCUT2D eigenvalue weighted by molar-refractivity contribution is 7.26. The van der Waals surface area contributed by atoms with Gasteiger partial charge in [0.1, 0.15) is 5.58 Å². The van der Waals surface area contributed by atoms with Gasteiger partial charge >= 0.3 is 0 Å². The van der Waals surface area contributed by atoms with Crippen LogP contribution in [-0.4, -0.2) is 19.5 Å². The summed E-state index contributed by atoms with van der Waals surface area (Å²) in [6.45, 7) is 0. The molecule has 0 saturated heterocycles. The molecule has 0 bridgehead atoms. The van der Waals surface area contributed by atoms with Crippen molar-refractivity contribution < 1.29 is 4.42 Å². The van der Waals surface area contributed by atoms with E-state index in [0.717, 1.165) is 55.3 Å². The molecule has 0 spiro atoms. The molecule has 0 unspecified atom stereocenters. The highest BCUT2D eigenvalue weighted by Crippen LogP contribution is 2.48. The Morgan fingerprint density at radius 3 is 1.70 bits per heavy atom. The van der Waals surface area contributed by atoms with Crippen molar-refractivity contribution in [3.8, 4) is 51.0 Å². The number of thiophene rings is 1. The van der Waals surface area contributed by atoms with E-state index in [1.165, 1.54) is 52.8 Å². The third-order valence-corrected chi connectivity index (χ3v) is 13.2. The summed E-state index contributed by atoms with van der Waals surface area (Å²) in [5, 5.41) is 9.62. The lowest BCUT2D eigenvalue weighted by atomic mass is 9.94. The van der Waals surface area contributed by atoms with Crippen LogP contribution in [-0.2, 0) is 0 Å². The second-order valence-electron chi connectivity index (χ2n) is 15.5. The van der Waals surface area contributed by atoms with Gasteiger partial charge in [-0.2, -0.15) is 0 Å². The van der Waals surface area contributed by atoms with Crippen molar-refractivity contribution in [3.63, 3.8) is 0 Å². The van der Waals surface area contributed by atoms with Crippen molar-refractivity contribution >= 4 is 86.0 Å².